The van der Waals surface area contributed by atoms with Gasteiger partial charge in [-0.2, -0.15) is 0 Å². The number of benzene rings is 2. The SMILES string of the molecule is CN[C@H](C(=O)NC(C(=O)N(C)C/C=C(\C)C(=O)NS(=O)(=O)c1cccc(N)c1)C(C)(C)C)C(C)(C)c1ccccc1. The first kappa shape index (κ1) is 33.5. The fourth-order valence-electron chi connectivity index (χ4n) is 4.35. The van der Waals surface area contributed by atoms with Crippen LogP contribution in [0.3, 0.4) is 0 Å². The van der Waals surface area contributed by atoms with Crippen LogP contribution in [0.4, 0.5) is 5.69 Å². The van der Waals surface area contributed by atoms with E-state index in [1.807, 2.05) is 69.7 Å². The minimum absolute atomic E-state index is 0.0177. The Bertz CT molecular complexity index is 1380. The summed E-state index contributed by atoms with van der Waals surface area (Å²) in [5, 5.41) is 6.05. The highest BCUT2D eigenvalue weighted by Gasteiger charge is 2.40. The molecule has 2 aromatic carbocycles. The van der Waals surface area contributed by atoms with Gasteiger partial charge in [0.1, 0.15) is 6.04 Å². The van der Waals surface area contributed by atoms with Gasteiger partial charge >= 0.3 is 0 Å². The van der Waals surface area contributed by atoms with Gasteiger partial charge in [0.25, 0.3) is 15.9 Å². The molecule has 3 amide bonds. The molecular formula is C30H43N5O5S. The second-order valence-corrected chi connectivity index (χ2v) is 13.4. The van der Waals surface area contributed by atoms with Gasteiger partial charge in [-0.3, -0.25) is 14.4 Å². The van der Waals surface area contributed by atoms with Gasteiger partial charge in [0.15, 0.2) is 0 Å². The molecule has 0 spiro atoms. The van der Waals surface area contributed by atoms with Crippen molar-refractivity contribution in [2.75, 3.05) is 26.4 Å². The summed E-state index contributed by atoms with van der Waals surface area (Å²) >= 11 is 0. The number of hydrogen-bond acceptors (Lipinski definition) is 7. The maximum absolute atomic E-state index is 13.5. The molecule has 11 heteroatoms. The minimum Gasteiger partial charge on any atom is -0.399 e. The zero-order valence-corrected chi connectivity index (χ0v) is 25.9. The van der Waals surface area contributed by atoms with E-state index in [4.69, 9.17) is 5.73 Å². The Morgan fingerprint density at radius 2 is 1.59 bits per heavy atom. The summed E-state index contributed by atoms with van der Waals surface area (Å²) in [6.07, 6.45) is 1.46. The first-order chi connectivity index (χ1) is 18.9. The molecule has 0 aliphatic rings. The maximum atomic E-state index is 13.5. The van der Waals surface area contributed by atoms with Crippen LogP contribution < -0.4 is 21.1 Å². The van der Waals surface area contributed by atoms with E-state index in [-0.39, 0.29) is 34.5 Å². The third kappa shape index (κ3) is 8.64. The largest absolute Gasteiger partial charge is 0.399 e. The number of nitrogens with one attached hydrogen (secondary N) is 3. The molecule has 0 aliphatic carbocycles. The summed E-state index contributed by atoms with van der Waals surface area (Å²) in [7, 11) is -0.859. The van der Waals surface area contributed by atoms with Crippen molar-refractivity contribution < 1.29 is 22.8 Å². The fourth-order valence-corrected chi connectivity index (χ4v) is 5.42. The van der Waals surface area contributed by atoms with Crippen molar-refractivity contribution in [1.82, 2.24) is 20.3 Å². The third-order valence-electron chi connectivity index (χ3n) is 6.99. The van der Waals surface area contributed by atoms with Crippen LogP contribution >= 0.6 is 0 Å². The molecule has 10 nitrogen and oxygen atoms in total. The summed E-state index contributed by atoms with van der Waals surface area (Å²) in [4.78, 5) is 40.9. The normalized spacial score (nSPS) is 14.1. The second-order valence-electron chi connectivity index (χ2n) is 11.7. The van der Waals surface area contributed by atoms with E-state index in [2.05, 4.69) is 10.6 Å². The van der Waals surface area contributed by atoms with Gasteiger partial charge < -0.3 is 21.3 Å². The maximum Gasteiger partial charge on any atom is 0.264 e. The van der Waals surface area contributed by atoms with Crippen LogP contribution in [0.25, 0.3) is 0 Å². The van der Waals surface area contributed by atoms with Crippen LogP contribution in [0.2, 0.25) is 0 Å². The Kier molecular flexibility index (Phi) is 10.9. The van der Waals surface area contributed by atoms with Gasteiger partial charge in [-0.1, -0.05) is 77.1 Å². The molecule has 0 saturated carbocycles. The first-order valence-electron chi connectivity index (χ1n) is 13.3. The number of rotatable bonds is 11. The molecule has 2 aromatic rings. The highest BCUT2D eigenvalue weighted by Crippen LogP contribution is 2.28. The van der Waals surface area contributed by atoms with Crippen LogP contribution in [0.15, 0.2) is 71.1 Å². The van der Waals surface area contributed by atoms with E-state index in [9.17, 15) is 22.8 Å². The van der Waals surface area contributed by atoms with Gasteiger partial charge in [-0.25, -0.2) is 13.1 Å². The van der Waals surface area contributed by atoms with E-state index in [0.29, 0.717) is 0 Å². The number of anilines is 1. The van der Waals surface area contributed by atoms with Crippen molar-refractivity contribution in [2.45, 2.75) is 63.9 Å². The number of nitrogens with two attached hydrogens (primary N) is 1. The van der Waals surface area contributed by atoms with Gasteiger partial charge in [-0.15, -0.1) is 0 Å². The Morgan fingerprint density at radius 3 is 2.12 bits per heavy atom. The zero-order chi connectivity index (χ0) is 31.2. The summed E-state index contributed by atoms with van der Waals surface area (Å²) < 4.78 is 27.1. The van der Waals surface area contributed by atoms with Crippen molar-refractivity contribution in [3.63, 3.8) is 0 Å². The number of sulfonamides is 1. The monoisotopic (exact) mass is 585 g/mol. The van der Waals surface area contributed by atoms with E-state index < -0.39 is 38.8 Å². The first-order valence-corrected chi connectivity index (χ1v) is 14.8. The molecule has 2 rings (SSSR count). The van der Waals surface area contributed by atoms with Gasteiger partial charge in [-0.05, 0) is 43.1 Å². The Hall–Kier alpha value is -3.70. The topological polar surface area (TPSA) is 151 Å². The molecule has 2 atom stereocenters. The van der Waals surface area contributed by atoms with Crippen LogP contribution in [0.1, 0.15) is 47.1 Å². The Balaban J connectivity index is 2.16. The number of nitrogen functional groups attached to an aromatic ring is 1. The summed E-state index contributed by atoms with van der Waals surface area (Å²) in [6, 6.07) is 13.8. The van der Waals surface area contributed by atoms with E-state index in [1.165, 1.54) is 42.2 Å². The molecule has 1 unspecified atom stereocenters. The lowest BCUT2D eigenvalue weighted by atomic mass is 9.76. The number of amides is 3. The number of carbonyl (C=O) groups excluding carboxylic acids is 3. The number of nitrogens with zero attached hydrogens (tertiary/aromatic N) is 1. The fraction of sp³-hybridized carbons (Fsp3) is 0.433. The van der Waals surface area contributed by atoms with Crippen LogP contribution in [0.5, 0.6) is 0 Å². The zero-order valence-electron chi connectivity index (χ0n) is 25.1. The molecule has 0 saturated heterocycles. The summed E-state index contributed by atoms with van der Waals surface area (Å²) in [6.45, 7) is 11.0. The molecule has 0 aromatic heterocycles. The third-order valence-corrected chi connectivity index (χ3v) is 8.32. The molecule has 224 valence electrons. The Morgan fingerprint density at radius 1 is 0.976 bits per heavy atom. The standard InChI is InChI=1S/C30H43N5O5S/c1-20(26(36)34-41(39,40)23-16-12-15-22(31)19-23)17-18-35(8)28(38)25(29(2,3)4)33-27(37)24(32-7)30(5,6)21-13-10-9-11-14-21/h9-17,19,24-25,32H,18,31H2,1-8H3,(H,33,37)(H,34,36)/b20-17+/t24-,25?/m1/s1. The molecule has 41 heavy (non-hydrogen) atoms. The van der Waals surface area contributed by atoms with Crippen molar-refractivity contribution in [1.29, 1.82) is 0 Å². The van der Waals surface area contributed by atoms with E-state index >= 15 is 0 Å². The van der Waals surface area contributed by atoms with Crippen LogP contribution in [-0.4, -0.2) is 63.8 Å². The molecular weight excluding hydrogens is 542 g/mol. The average molecular weight is 586 g/mol. The van der Waals surface area contributed by atoms with Gasteiger partial charge in [0, 0.05) is 30.3 Å². The predicted molar refractivity (Wildman–Crippen MR) is 161 cm³/mol. The molecule has 0 fully saturated rings. The second kappa shape index (κ2) is 13.3. The van der Waals surface area contributed by atoms with Gasteiger partial charge in [0.05, 0.1) is 10.9 Å². The average Bonchev–Trinajstić information content (AvgIpc) is 2.89. The molecule has 0 bridgehead atoms. The smallest absolute Gasteiger partial charge is 0.264 e. The summed E-state index contributed by atoms with van der Waals surface area (Å²) in [5.41, 5.74) is 5.78. The number of hydrogen-bond donors (Lipinski definition) is 4. The van der Waals surface area contributed by atoms with Gasteiger partial charge in [0.2, 0.25) is 11.8 Å². The molecule has 0 radical (unpaired) electrons. The molecule has 0 heterocycles. The van der Waals surface area contributed by atoms with Crippen LogP contribution in [-0.2, 0) is 29.8 Å². The Labute approximate surface area is 243 Å². The quantitative estimate of drug-likeness (QED) is 0.234. The highest BCUT2D eigenvalue weighted by molar-refractivity contribution is 7.90. The van der Waals surface area contributed by atoms with E-state index in [0.717, 1.165) is 5.56 Å². The predicted octanol–water partition coefficient (Wildman–Crippen LogP) is 2.58. The van der Waals surface area contributed by atoms with Crippen molar-refractivity contribution in [3.05, 3.63) is 71.8 Å². The lowest BCUT2D eigenvalue weighted by molar-refractivity contribution is -0.139. The lowest BCUT2D eigenvalue weighted by Crippen LogP contribution is -2.60. The van der Waals surface area contributed by atoms with Crippen molar-refractivity contribution in [3.8, 4) is 0 Å². The van der Waals surface area contributed by atoms with Crippen LogP contribution in [0, 0.1) is 5.41 Å². The molecule has 5 N–H and O–H groups in total. The van der Waals surface area contributed by atoms with Crippen molar-refractivity contribution in [2.24, 2.45) is 5.41 Å². The number of carbonyl (C=O) groups is 3. The van der Waals surface area contributed by atoms with Crippen molar-refractivity contribution >= 4 is 33.4 Å². The lowest BCUT2D eigenvalue weighted by Gasteiger charge is -2.38. The van der Waals surface area contributed by atoms with E-state index in [1.54, 1.807) is 14.1 Å². The highest BCUT2D eigenvalue weighted by atomic mass is 32.2. The summed E-state index contributed by atoms with van der Waals surface area (Å²) in [5.74, 6) is -1.50. The minimum atomic E-state index is -4.13. The molecule has 0 aliphatic heterocycles. The number of likely N-dealkylation sites (N-methyl/N-ethyl adjacent to an activating group) is 2.